The largest absolute Gasteiger partial charge is 0.391 e. The van der Waals surface area contributed by atoms with E-state index < -0.39 is 11.9 Å². The Morgan fingerprint density at radius 3 is 2.40 bits per heavy atom. The fourth-order valence-corrected chi connectivity index (χ4v) is 0.953. The fraction of sp³-hybridized carbons (Fsp3) is 1.00. The first-order chi connectivity index (χ1) is 4.51. The van der Waals surface area contributed by atoms with Crippen molar-refractivity contribution in [1.29, 1.82) is 0 Å². The summed E-state index contributed by atoms with van der Waals surface area (Å²) >= 11 is 0. The lowest BCUT2D eigenvalue weighted by Crippen LogP contribution is -2.28. The lowest BCUT2D eigenvalue weighted by molar-refractivity contribution is -0.149. The first kappa shape index (κ1) is 7.98. The minimum Gasteiger partial charge on any atom is -0.391 e. The number of aliphatic hydroxyl groups is 1. The molecule has 60 valence electrons. The van der Waals surface area contributed by atoms with Gasteiger partial charge in [0.15, 0.2) is 5.79 Å². The van der Waals surface area contributed by atoms with Gasteiger partial charge in [0.05, 0.1) is 12.7 Å². The molecule has 0 radical (unpaired) electrons. The van der Waals surface area contributed by atoms with Gasteiger partial charge in [-0.25, -0.2) is 0 Å². The van der Waals surface area contributed by atoms with Crippen molar-refractivity contribution in [3.63, 3.8) is 0 Å². The van der Waals surface area contributed by atoms with Crippen LogP contribution in [0.2, 0.25) is 0 Å². The van der Waals surface area contributed by atoms with E-state index >= 15 is 0 Å². The predicted molar refractivity (Wildman–Crippen MR) is 36.6 cm³/mol. The Morgan fingerprint density at radius 2 is 2.20 bits per heavy atom. The molecule has 2 atom stereocenters. The molecule has 1 fully saturated rings. The van der Waals surface area contributed by atoms with Crippen LogP contribution in [0.1, 0.15) is 20.8 Å². The summed E-state index contributed by atoms with van der Waals surface area (Å²) in [5.41, 5.74) is 0. The number of hydrogen-bond donors (Lipinski definition) is 1. The minimum absolute atomic E-state index is 0.157. The number of aliphatic hydroxyl groups excluding tert-OH is 1. The molecule has 10 heavy (non-hydrogen) atoms. The molecule has 0 aromatic heterocycles. The van der Waals surface area contributed by atoms with Crippen LogP contribution in [0.25, 0.3) is 0 Å². The van der Waals surface area contributed by atoms with E-state index in [1.54, 1.807) is 6.92 Å². The van der Waals surface area contributed by atoms with Gasteiger partial charge < -0.3 is 14.6 Å². The molecule has 0 aromatic carbocycles. The Balaban J connectivity index is 2.43. The molecule has 0 amide bonds. The normalized spacial score (nSPS) is 34.2. The van der Waals surface area contributed by atoms with E-state index in [4.69, 9.17) is 14.6 Å². The Hall–Kier alpha value is -0.120. The van der Waals surface area contributed by atoms with Gasteiger partial charge in [-0.15, -0.1) is 0 Å². The lowest BCUT2D eigenvalue weighted by atomic mass is 10.2. The summed E-state index contributed by atoms with van der Waals surface area (Å²) in [6, 6.07) is 0. The summed E-state index contributed by atoms with van der Waals surface area (Å²) in [5.74, 6) is -0.512. The standard InChI is InChI=1S/C7H14O3/c1-5(8)6-4-9-7(2,3)10-6/h5-6,8H,4H2,1-3H3/t5?,6-/m0/s1. The topological polar surface area (TPSA) is 38.7 Å². The Kier molecular flexibility index (Phi) is 1.99. The number of hydrogen-bond acceptors (Lipinski definition) is 3. The van der Waals surface area contributed by atoms with E-state index in [9.17, 15) is 0 Å². The SMILES string of the molecule is CC(O)[C@@H]1COC(C)(C)O1. The lowest BCUT2D eigenvalue weighted by Gasteiger charge is -2.17. The van der Waals surface area contributed by atoms with Crippen LogP contribution in [0.4, 0.5) is 0 Å². The summed E-state index contributed by atoms with van der Waals surface area (Å²) < 4.78 is 10.6. The Bertz CT molecular complexity index is 120. The summed E-state index contributed by atoms with van der Waals surface area (Å²) in [5, 5.41) is 9.08. The Labute approximate surface area is 60.9 Å². The minimum atomic E-state index is -0.512. The first-order valence-electron chi connectivity index (χ1n) is 3.51. The highest BCUT2D eigenvalue weighted by Gasteiger charge is 2.34. The van der Waals surface area contributed by atoms with E-state index in [0.29, 0.717) is 6.61 Å². The van der Waals surface area contributed by atoms with Crippen LogP contribution in [0.5, 0.6) is 0 Å². The number of rotatable bonds is 1. The average Bonchev–Trinajstić information content (AvgIpc) is 2.10. The maximum absolute atomic E-state index is 9.08. The van der Waals surface area contributed by atoms with Crippen LogP contribution in [-0.4, -0.2) is 29.7 Å². The summed E-state index contributed by atoms with van der Waals surface area (Å²) in [7, 11) is 0. The van der Waals surface area contributed by atoms with E-state index in [1.165, 1.54) is 0 Å². The smallest absolute Gasteiger partial charge is 0.163 e. The quantitative estimate of drug-likeness (QED) is 0.586. The van der Waals surface area contributed by atoms with Crippen molar-refractivity contribution in [3.05, 3.63) is 0 Å². The molecular weight excluding hydrogens is 132 g/mol. The van der Waals surface area contributed by atoms with Crippen molar-refractivity contribution in [1.82, 2.24) is 0 Å². The van der Waals surface area contributed by atoms with Crippen molar-refractivity contribution in [2.75, 3.05) is 6.61 Å². The average molecular weight is 146 g/mol. The second-order valence-corrected chi connectivity index (χ2v) is 3.11. The van der Waals surface area contributed by atoms with Gasteiger partial charge in [0.25, 0.3) is 0 Å². The van der Waals surface area contributed by atoms with Crippen LogP contribution >= 0.6 is 0 Å². The molecule has 3 nitrogen and oxygen atoms in total. The van der Waals surface area contributed by atoms with Gasteiger partial charge in [0.2, 0.25) is 0 Å². The zero-order valence-electron chi connectivity index (χ0n) is 6.63. The zero-order valence-corrected chi connectivity index (χ0v) is 6.63. The second-order valence-electron chi connectivity index (χ2n) is 3.11. The van der Waals surface area contributed by atoms with Crippen LogP contribution in [-0.2, 0) is 9.47 Å². The van der Waals surface area contributed by atoms with Gasteiger partial charge in [0, 0.05) is 0 Å². The summed E-state index contributed by atoms with van der Waals surface area (Å²) in [4.78, 5) is 0. The molecule has 0 aromatic rings. The maximum atomic E-state index is 9.08. The summed E-state index contributed by atoms with van der Waals surface area (Å²) in [6.45, 7) is 5.88. The predicted octanol–water partition coefficient (Wildman–Crippen LogP) is 0.519. The molecule has 3 heteroatoms. The maximum Gasteiger partial charge on any atom is 0.163 e. The van der Waals surface area contributed by atoms with Gasteiger partial charge in [0.1, 0.15) is 6.10 Å². The van der Waals surface area contributed by atoms with Crippen molar-refractivity contribution in [2.45, 2.75) is 38.8 Å². The highest BCUT2D eigenvalue weighted by molar-refractivity contribution is 4.74. The molecule has 1 N–H and O–H groups in total. The molecule has 0 spiro atoms. The first-order valence-corrected chi connectivity index (χ1v) is 3.51. The van der Waals surface area contributed by atoms with Gasteiger partial charge in [-0.2, -0.15) is 0 Å². The zero-order chi connectivity index (χ0) is 7.78. The van der Waals surface area contributed by atoms with E-state index in [2.05, 4.69) is 0 Å². The highest BCUT2D eigenvalue weighted by atomic mass is 16.7. The molecule has 0 saturated carbocycles. The number of ether oxygens (including phenoxy) is 2. The molecule has 0 bridgehead atoms. The molecule has 1 unspecified atom stereocenters. The van der Waals surface area contributed by atoms with Gasteiger partial charge in [-0.05, 0) is 20.8 Å². The van der Waals surface area contributed by atoms with E-state index in [0.717, 1.165) is 0 Å². The van der Waals surface area contributed by atoms with Crippen LogP contribution < -0.4 is 0 Å². The molecular formula is C7H14O3. The Morgan fingerprint density at radius 1 is 1.60 bits per heavy atom. The second kappa shape index (κ2) is 2.49. The third kappa shape index (κ3) is 1.68. The monoisotopic (exact) mass is 146 g/mol. The van der Waals surface area contributed by atoms with E-state index in [-0.39, 0.29) is 6.10 Å². The van der Waals surface area contributed by atoms with Crippen LogP contribution in [0.15, 0.2) is 0 Å². The molecule has 1 aliphatic heterocycles. The van der Waals surface area contributed by atoms with E-state index in [1.807, 2.05) is 13.8 Å². The van der Waals surface area contributed by atoms with Crippen molar-refractivity contribution in [2.24, 2.45) is 0 Å². The van der Waals surface area contributed by atoms with Gasteiger partial charge >= 0.3 is 0 Å². The third-order valence-electron chi connectivity index (χ3n) is 1.57. The molecule has 1 saturated heterocycles. The van der Waals surface area contributed by atoms with Crippen molar-refractivity contribution < 1.29 is 14.6 Å². The molecule has 1 rings (SSSR count). The van der Waals surface area contributed by atoms with Crippen LogP contribution in [0.3, 0.4) is 0 Å². The van der Waals surface area contributed by atoms with Crippen molar-refractivity contribution in [3.8, 4) is 0 Å². The van der Waals surface area contributed by atoms with Gasteiger partial charge in [-0.3, -0.25) is 0 Å². The molecule has 1 aliphatic rings. The molecule has 0 aliphatic carbocycles. The van der Waals surface area contributed by atoms with Gasteiger partial charge in [-0.1, -0.05) is 0 Å². The van der Waals surface area contributed by atoms with Crippen LogP contribution in [0, 0.1) is 0 Å². The third-order valence-corrected chi connectivity index (χ3v) is 1.57. The summed E-state index contributed by atoms with van der Waals surface area (Å²) in [6.07, 6.45) is -0.600. The highest BCUT2D eigenvalue weighted by Crippen LogP contribution is 2.23. The van der Waals surface area contributed by atoms with Crippen molar-refractivity contribution >= 4 is 0 Å². The molecule has 1 heterocycles. The fourth-order valence-electron chi connectivity index (χ4n) is 0.953.